The van der Waals surface area contributed by atoms with Crippen LogP contribution in [0.5, 0.6) is 0 Å². The minimum Gasteiger partial charge on any atom is -0.359 e. The van der Waals surface area contributed by atoms with Crippen molar-refractivity contribution in [3.8, 4) is 17.3 Å². The van der Waals surface area contributed by atoms with E-state index >= 15 is 0 Å². The average molecular weight is 356 g/mol. The second kappa shape index (κ2) is 9.25. The van der Waals surface area contributed by atoms with Gasteiger partial charge < -0.3 is 5.32 Å². The highest BCUT2D eigenvalue weighted by molar-refractivity contribution is 6.32. The number of anilines is 1. The van der Waals surface area contributed by atoms with Gasteiger partial charge in [-0.3, -0.25) is 4.98 Å². The molecule has 2 rings (SSSR count). The summed E-state index contributed by atoms with van der Waals surface area (Å²) in [6.07, 6.45) is 2.50. The minimum atomic E-state index is 0.191. The molecule has 0 aliphatic heterocycles. The van der Waals surface area contributed by atoms with Crippen molar-refractivity contribution >= 4 is 17.3 Å². The first-order valence-corrected chi connectivity index (χ1v) is 8.78. The molecule has 0 bridgehead atoms. The fraction of sp³-hybridized carbons (Fsp3) is 0.333. The van der Waals surface area contributed by atoms with Crippen LogP contribution in [0.15, 0.2) is 48.8 Å². The van der Waals surface area contributed by atoms with Gasteiger partial charge in [-0.2, -0.15) is 5.26 Å². The van der Waals surface area contributed by atoms with Crippen molar-refractivity contribution < 1.29 is 0 Å². The molecule has 0 radical (unpaired) electrons. The van der Waals surface area contributed by atoms with Crippen LogP contribution in [0.25, 0.3) is 11.3 Å². The number of hydrogen-bond donors (Lipinski definition) is 1. The van der Waals surface area contributed by atoms with Crippen LogP contribution in [0.3, 0.4) is 0 Å². The Bertz CT molecular complexity index is 750. The van der Waals surface area contributed by atoms with Gasteiger partial charge in [-0.15, -0.1) is 0 Å². The predicted octanol–water partition coefficient (Wildman–Crippen LogP) is 6.66. The van der Waals surface area contributed by atoms with Crippen molar-refractivity contribution in [3.63, 3.8) is 0 Å². The Labute approximate surface area is 156 Å². The van der Waals surface area contributed by atoms with E-state index in [0.29, 0.717) is 16.3 Å². The van der Waals surface area contributed by atoms with E-state index in [4.69, 9.17) is 11.6 Å². The standard InChI is InChI=1S/C19H20ClN3.C2H6/c1-13(11-19(2,3)4)23-15-7-5-14(6-8-15)18-16(12-21)17(20)9-10-22-18;1-2/h5-10,23H,1,11H2,2-4H3;1-2H3. The molecule has 0 aliphatic carbocycles. The molecule has 132 valence electrons. The SMILES string of the molecule is C=C(CC(C)(C)C)Nc1ccc(-c2nccc(Cl)c2C#N)cc1.CC. The molecule has 2 aromatic rings. The zero-order valence-electron chi connectivity index (χ0n) is 15.7. The third kappa shape index (κ3) is 6.25. The van der Waals surface area contributed by atoms with E-state index in [1.54, 1.807) is 12.3 Å². The van der Waals surface area contributed by atoms with Gasteiger partial charge in [-0.1, -0.05) is 64.9 Å². The highest BCUT2D eigenvalue weighted by atomic mass is 35.5. The molecule has 1 heterocycles. The van der Waals surface area contributed by atoms with Gasteiger partial charge in [-0.25, -0.2) is 0 Å². The Morgan fingerprint density at radius 1 is 1.20 bits per heavy atom. The molecule has 0 fully saturated rings. The monoisotopic (exact) mass is 355 g/mol. The maximum absolute atomic E-state index is 9.24. The van der Waals surface area contributed by atoms with Crippen molar-refractivity contribution in [1.82, 2.24) is 4.98 Å². The third-order valence-electron chi connectivity index (χ3n) is 3.24. The van der Waals surface area contributed by atoms with Gasteiger partial charge in [0.25, 0.3) is 0 Å². The summed E-state index contributed by atoms with van der Waals surface area (Å²) in [6.45, 7) is 14.6. The van der Waals surface area contributed by atoms with Crippen molar-refractivity contribution in [1.29, 1.82) is 5.26 Å². The summed E-state index contributed by atoms with van der Waals surface area (Å²) >= 11 is 6.05. The number of allylic oxidation sites excluding steroid dienone is 1. The maximum Gasteiger partial charge on any atom is 0.103 e. The van der Waals surface area contributed by atoms with E-state index < -0.39 is 0 Å². The Hall–Kier alpha value is -2.31. The number of hydrogen-bond acceptors (Lipinski definition) is 3. The summed E-state index contributed by atoms with van der Waals surface area (Å²) in [5, 5.41) is 13.0. The first-order valence-electron chi connectivity index (χ1n) is 8.40. The number of nitrogens with zero attached hydrogens (tertiary/aromatic N) is 2. The summed E-state index contributed by atoms with van der Waals surface area (Å²) in [5.41, 5.74) is 3.98. The molecular weight excluding hydrogens is 330 g/mol. The Balaban J connectivity index is 0.00000151. The lowest BCUT2D eigenvalue weighted by molar-refractivity contribution is 0.411. The average Bonchev–Trinajstić information content (AvgIpc) is 2.55. The quantitative estimate of drug-likeness (QED) is 0.666. The summed E-state index contributed by atoms with van der Waals surface area (Å²) in [4.78, 5) is 4.27. The summed E-state index contributed by atoms with van der Waals surface area (Å²) in [5.74, 6) is 0. The molecule has 1 N–H and O–H groups in total. The molecule has 25 heavy (non-hydrogen) atoms. The molecule has 0 unspecified atom stereocenters. The third-order valence-corrected chi connectivity index (χ3v) is 3.55. The van der Waals surface area contributed by atoms with Crippen molar-refractivity contribution in [2.45, 2.75) is 41.0 Å². The van der Waals surface area contributed by atoms with Gasteiger partial charge in [-0.05, 0) is 30.0 Å². The molecule has 0 saturated heterocycles. The normalized spacial score (nSPS) is 10.3. The molecule has 0 aliphatic rings. The van der Waals surface area contributed by atoms with Crippen molar-refractivity contribution in [2.75, 3.05) is 5.32 Å². The fourth-order valence-corrected chi connectivity index (χ4v) is 2.55. The molecule has 1 aromatic carbocycles. The summed E-state index contributed by atoms with van der Waals surface area (Å²) < 4.78 is 0. The number of benzene rings is 1. The zero-order chi connectivity index (χ0) is 19.0. The first-order chi connectivity index (χ1) is 11.8. The molecule has 4 heteroatoms. The highest BCUT2D eigenvalue weighted by Gasteiger charge is 2.13. The van der Waals surface area contributed by atoms with Crippen LogP contribution < -0.4 is 5.32 Å². The Morgan fingerprint density at radius 2 is 1.80 bits per heavy atom. The van der Waals surface area contributed by atoms with Crippen molar-refractivity contribution in [3.05, 3.63) is 59.4 Å². The van der Waals surface area contributed by atoms with E-state index in [1.807, 2.05) is 38.1 Å². The minimum absolute atomic E-state index is 0.191. The molecular formula is C21H26ClN3. The second-order valence-electron chi connectivity index (χ2n) is 6.67. The molecule has 1 aromatic heterocycles. The number of pyridine rings is 1. The van der Waals surface area contributed by atoms with Gasteiger partial charge in [0.2, 0.25) is 0 Å². The lowest BCUT2D eigenvalue weighted by Crippen LogP contribution is -2.10. The van der Waals surface area contributed by atoms with E-state index in [0.717, 1.165) is 23.4 Å². The van der Waals surface area contributed by atoms with Crippen LogP contribution in [0, 0.1) is 16.7 Å². The number of nitriles is 1. The van der Waals surface area contributed by atoms with E-state index in [2.05, 4.69) is 43.7 Å². The topological polar surface area (TPSA) is 48.7 Å². The number of rotatable bonds is 4. The van der Waals surface area contributed by atoms with Crippen molar-refractivity contribution in [2.24, 2.45) is 5.41 Å². The van der Waals surface area contributed by atoms with Gasteiger partial charge in [0.1, 0.15) is 6.07 Å². The van der Waals surface area contributed by atoms with Gasteiger partial charge in [0, 0.05) is 23.1 Å². The van der Waals surface area contributed by atoms with Gasteiger partial charge in [0.15, 0.2) is 0 Å². The summed E-state index contributed by atoms with van der Waals surface area (Å²) in [7, 11) is 0. The van der Waals surface area contributed by atoms with Crippen LogP contribution in [-0.2, 0) is 0 Å². The Morgan fingerprint density at radius 3 is 2.32 bits per heavy atom. The number of nitrogens with one attached hydrogen (secondary N) is 1. The number of aromatic nitrogens is 1. The van der Waals surface area contributed by atoms with Gasteiger partial charge in [0.05, 0.1) is 16.3 Å². The van der Waals surface area contributed by atoms with Crippen LogP contribution >= 0.6 is 11.6 Å². The predicted molar refractivity (Wildman–Crippen MR) is 108 cm³/mol. The molecule has 0 spiro atoms. The molecule has 3 nitrogen and oxygen atoms in total. The smallest absolute Gasteiger partial charge is 0.103 e. The number of halogens is 1. The van der Waals surface area contributed by atoms with Crippen LogP contribution in [0.1, 0.15) is 46.6 Å². The lowest BCUT2D eigenvalue weighted by atomic mass is 9.91. The van der Waals surface area contributed by atoms with E-state index in [1.165, 1.54) is 0 Å². The second-order valence-corrected chi connectivity index (χ2v) is 7.08. The van der Waals surface area contributed by atoms with Crippen LogP contribution in [0.2, 0.25) is 5.02 Å². The lowest BCUT2D eigenvalue weighted by Gasteiger charge is -2.20. The van der Waals surface area contributed by atoms with E-state index in [9.17, 15) is 5.26 Å². The zero-order valence-corrected chi connectivity index (χ0v) is 16.4. The van der Waals surface area contributed by atoms with Crippen LogP contribution in [-0.4, -0.2) is 4.98 Å². The first kappa shape index (κ1) is 20.7. The van der Waals surface area contributed by atoms with Crippen LogP contribution in [0.4, 0.5) is 5.69 Å². The Kier molecular flexibility index (Phi) is 7.67. The highest BCUT2D eigenvalue weighted by Crippen LogP contribution is 2.28. The van der Waals surface area contributed by atoms with E-state index in [-0.39, 0.29) is 5.41 Å². The summed E-state index contributed by atoms with van der Waals surface area (Å²) in [6, 6.07) is 11.5. The maximum atomic E-state index is 9.24. The largest absolute Gasteiger partial charge is 0.359 e. The fourth-order valence-electron chi connectivity index (χ4n) is 2.36. The molecule has 0 atom stereocenters. The molecule has 0 saturated carbocycles. The molecule has 0 amide bonds. The van der Waals surface area contributed by atoms with Gasteiger partial charge >= 0.3 is 0 Å².